The van der Waals surface area contributed by atoms with Crippen LogP contribution >= 0.6 is 0 Å². The summed E-state index contributed by atoms with van der Waals surface area (Å²) in [6.07, 6.45) is -3.13. The van der Waals surface area contributed by atoms with Gasteiger partial charge in [0.05, 0.1) is 6.67 Å². The third kappa shape index (κ3) is 25.0. The number of nitrogens with one attached hydrogen (secondary N) is 6. The largest absolute Gasteiger partial charge is 0.447 e. The van der Waals surface area contributed by atoms with Gasteiger partial charge in [-0.2, -0.15) is 0 Å². The van der Waals surface area contributed by atoms with Crippen LogP contribution in [0.25, 0.3) is 0 Å². The van der Waals surface area contributed by atoms with Gasteiger partial charge in [-0.15, -0.1) is 0 Å². The quantitative estimate of drug-likeness (QED) is 0.0476. The van der Waals surface area contributed by atoms with E-state index >= 15 is 0 Å². The van der Waals surface area contributed by atoms with Crippen molar-refractivity contribution in [3.8, 4) is 0 Å². The van der Waals surface area contributed by atoms with Gasteiger partial charge in [-0.25, -0.2) is 19.2 Å². The number of hydrogen-bond donors (Lipinski definition) is 6. The molecule has 6 N–H and O–H groups in total. The van der Waals surface area contributed by atoms with E-state index in [2.05, 4.69) is 31.9 Å². The molecule has 0 saturated carbocycles. The minimum atomic E-state index is -0.724. The second-order valence-corrected chi connectivity index (χ2v) is 9.08. The number of amides is 6. The summed E-state index contributed by atoms with van der Waals surface area (Å²) in [4.78, 5) is 70.4. The van der Waals surface area contributed by atoms with Crippen LogP contribution in [0.3, 0.4) is 0 Å². The lowest BCUT2D eigenvalue weighted by atomic mass is 10.3. The molecule has 0 aromatic heterocycles. The molecule has 0 spiro atoms. The van der Waals surface area contributed by atoms with Crippen LogP contribution in [0.2, 0.25) is 0 Å². The first-order valence-electron chi connectivity index (χ1n) is 15.0. The minimum Gasteiger partial charge on any atom is -0.447 e. The zero-order valence-corrected chi connectivity index (χ0v) is 26.7. The summed E-state index contributed by atoms with van der Waals surface area (Å²) in [7, 11) is 0. The first-order valence-corrected chi connectivity index (χ1v) is 15.0. The van der Waals surface area contributed by atoms with E-state index in [9.17, 15) is 28.8 Å². The Hall–Kier alpha value is -4.06. The predicted molar refractivity (Wildman–Crippen MR) is 159 cm³/mol. The molecule has 45 heavy (non-hydrogen) atoms. The Morgan fingerprint density at radius 3 is 1.02 bits per heavy atom. The Morgan fingerprint density at radius 2 is 0.756 bits per heavy atom. The van der Waals surface area contributed by atoms with Crippen LogP contribution in [0.4, 0.5) is 19.2 Å². The number of carbonyl (C=O) groups excluding carboxylic acids is 6. The van der Waals surface area contributed by atoms with Crippen molar-refractivity contribution in [3.63, 3.8) is 0 Å². The average molecular weight is 651 g/mol. The summed E-state index contributed by atoms with van der Waals surface area (Å²) in [6.45, 7) is 8.09. The van der Waals surface area contributed by atoms with Crippen molar-refractivity contribution < 1.29 is 57.2 Å². The van der Waals surface area contributed by atoms with Crippen molar-refractivity contribution >= 4 is 36.2 Å². The average Bonchev–Trinajstić information content (AvgIpc) is 2.99. The van der Waals surface area contributed by atoms with Crippen LogP contribution in [0.1, 0.15) is 53.4 Å². The Balaban J connectivity index is 4.29. The summed E-state index contributed by atoms with van der Waals surface area (Å²) < 4.78 is 31.4. The first kappa shape index (κ1) is 40.9. The molecule has 18 heteroatoms. The number of ether oxygens (including phenoxy) is 6. The summed E-state index contributed by atoms with van der Waals surface area (Å²) in [5.74, 6) is -0.643. The normalized spacial score (nSPS) is 10.4. The molecule has 0 radical (unpaired) electrons. The fourth-order valence-electron chi connectivity index (χ4n) is 3.13. The van der Waals surface area contributed by atoms with Crippen molar-refractivity contribution in [3.05, 3.63) is 0 Å². The molecule has 0 heterocycles. The van der Waals surface area contributed by atoms with Gasteiger partial charge in [0.1, 0.15) is 38.6 Å². The summed E-state index contributed by atoms with van der Waals surface area (Å²) in [6, 6.07) is 0. The van der Waals surface area contributed by atoms with Crippen LogP contribution in [-0.2, 0) is 38.0 Å². The Bertz CT molecular complexity index is 767. The van der Waals surface area contributed by atoms with E-state index < -0.39 is 36.6 Å². The molecule has 0 saturated heterocycles. The van der Waals surface area contributed by atoms with Gasteiger partial charge in [0.2, 0.25) is 11.8 Å². The maximum atomic E-state index is 12.1. The van der Waals surface area contributed by atoms with Gasteiger partial charge in [0.25, 0.3) is 0 Å². The third-order valence-corrected chi connectivity index (χ3v) is 5.26. The molecule has 0 aliphatic carbocycles. The molecule has 0 aliphatic heterocycles. The molecule has 0 aromatic carbocycles. The van der Waals surface area contributed by atoms with Gasteiger partial charge in [0.15, 0.2) is 0 Å². The van der Waals surface area contributed by atoms with E-state index in [-0.39, 0.29) is 71.0 Å². The van der Waals surface area contributed by atoms with Crippen molar-refractivity contribution in [2.24, 2.45) is 0 Å². The molecule has 0 rings (SSSR count). The maximum Gasteiger partial charge on any atom is 0.407 e. The maximum absolute atomic E-state index is 12.1. The van der Waals surface area contributed by atoms with Gasteiger partial charge in [-0.05, 0) is 40.5 Å². The zero-order chi connectivity index (χ0) is 33.7. The molecule has 0 unspecified atom stereocenters. The van der Waals surface area contributed by atoms with Crippen LogP contribution in [0, 0.1) is 0 Å². The van der Waals surface area contributed by atoms with Crippen LogP contribution in [0.15, 0.2) is 0 Å². The van der Waals surface area contributed by atoms with Crippen molar-refractivity contribution in [1.29, 1.82) is 0 Å². The van der Waals surface area contributed by atoms with Gasteiger partial charge in [0, 0.05) is 52.2 Å². The van der Waals surface area contributed by atoms with Gasteiger partial charge >= 0.3 is 24.4 Å². The topological polar surface area (TPSA) is 230 Å². The number of carbonyl (C=O) groups is 6. The third-order valence-electron chi connectivity index (χ3n) is 5.26. The monoisotopic (exact) mass is 650 g/mol. The van der Waals surface area contributed by atoms with Crippen molar-refractivity contribution in [2.45, 2.75) is 65.6 Å². The summed E-state index contributed by atoms with van der Waals surface area (Å²) in [5, 5.41) is 15.1. The van der Waals surface area contributed by atoms with Gasteiger partial charge < -0.3 is 60.3 Å². The Kier molecular flexibility index (Phi) is 25.0. The fourth-order valence-corrected chi connectivity index (χ4v) is 3.13. The van der Waals surface area contributed by atoms with Gasteiger partial charge in [-0.3, -0.25) is 9.59 Å². The highest BCUT2D eigenvalue weighted by Crippen LogP contribution is 2.02. The van der Waals surface area contributed by atoms with E-state index in [1.54, 1.807) is 27.7 Å². The van der Waals surface area contributed by atoms with E-state index in [0.717, 1.165) is 0 Å². The number of hydrogen-bond acceptors (Lipinski definition) is 12. The highest BCUT2D eigenvalue weighted by molar-refractivity contribution is 5.78. The molecule has 6 amide bonds. The van der Waals surface area contributed by atoms with Crippen LogP contribution in [0.5, 0.6) is 0 Å². The standard InChI is InChI=1S/C27H50N6O12/c1-5-28-24(36)42-15-20(16-43-25(37)29-6-2)40-13-9-11-22(34)32-19-33-23(35)12-10-14-41-21(17-44-26(38)30-7-3)18-45-27(39)31-8-4/h20-21H,5-19H2,1-4H3,(H,28,36)(H,29,37)(H,30,38)(H,31,39)(H,32,34)(H,33,35). The van der Waals surface area contributed by atoms with Crippen LogP contribution < -0.4 is 31.9 Å². The highest BCUT2D eigenvalue weighted by atomic mass is 16.6. The Morgan fingerprint density at radius 1 is 0.467 bits per heavy atom. The van der Waals surface area contributed by atoms with Crippen LogP contribution in [-0.4, -0.2) is 121 Å². The predicted octanol–water partition coefficient (Wildman–Crippen LogP) is 0.492. The molecule has 0 bridgehead atoms. The summed E-state index contributed by atoms with van der Waals surface area (Å²) in [5.41, 5.74) is 0. The van der Waals surface area contributed by atoms with Gasteiger partial charge in [-0.1, -0.05) is 0 Å². The SMILES string of the molecule is CCNC(=O)OCC(COC(=O)NCC)OCCCC(=O)NCNC(=O)CCCOC(COC(=O)NCC)COC(=O)NCC. The molecule has 0 fully saturated rings. The lowest BCUT2D eigenvalue weighted by Gasteiger charge is -2.18. The van der Waals surface area contributed by atoms with E-state index in [1.165, 1.54) is 0 Å². The van der Waals surface area contributed by atoms with E-state index in [1.807, 2.05) is 0 Å². The number of alkyl carbamates (subject to hydrolysis) is 4. The molecule has 18 nitrogen and oxygen atoms in total. The highest BCUT2D eigenvalue weighted by Gasteiger charge is 2.17. The molecule has 0 aliphatic rings. The summed E-state index contributed by atoms with van der Waals surface area (Å²) >= 11 is 0. The molecular weight excluding hydrogens is 600 g/mol. The minimum absolute atomic E-state index is 0.0772. The lowest BCUT2D eigenvalue weighted by molar-refractivity contribution is -0.123. The second-order valence-electron chi connectivity index (χ2n) is 9.08. The Labute approximate surface area is 263 Å². The van der Waals surface area contributed by atoms with E-state index in [4.69, 9.17) is 28.4 Å². The first-order chi connectivity index (χ1) is 21.6. The molecule has 0 aromatic rings. The lowest BCUT2D eigenvalue weighted by Crippen LogP contribution is -2.37. The van der Waals surface area contributed by atoms with E-state index in [0.29, 0.717) is 39.0 Å². The zero-order valence-electron chi connectivity index (χ0n) is 26.7. The second kappa shape index (κ2) is 27.5. The van der Waals surface area contributed by atoms with Crippen molar-refractivity contribution in [1.82, 2.24) is 31.9 Å². The molecular formula is C27H50N6O12. The molecule has 260 valence electrons. The van der Waals surface area contributed by atoms with Crippen molar-refractivity contribution in [2.75, 3.05) is 72.5 Å². The smallest absolute Gasteiger partial charge is 0.407 e. The molecule has 0 atom stereocenters. The fraction of sp³-hybridized carbons (Fsp3) is 0.778. The number of rotatable bonds is 24.